The highest BCUT2D eigenvalue weighted by Crippen LogP contribution is 2.29. The third-order valence-corrected chi connectivity index (χ3v) is 5.76. The summed E-state index contributed by atoms with van der Waals surface area (Å²) < 4.78 is 0. The van der Waals surface area contributed by atoms with Crippen LogP contribution in [0.25, 0.3) is 22.5 Å². The van der Waals surface area contributed by atoms with Crippen LogP contribution in [-0.2, 0) is 9.59 Å². The maximum atomic E-state index is 12.6. The molecule has 0 aliphatic heterocycles. The van der Waals surface area contributed by atoms with Crippen LogP contribution in [0.3, 0.4) is 0 Å². The van der Waals surface area contributed by atoms with E-state index in [2.05, 4.69) is 20.8 Å². The smallest absolute Gasteiger partial charge is 0.234 e. The molecule has 1 aromatic heterocycles. The van der Waals surface area contributed by atoms with E-state index >= 15 is 0 Å². The summed E-state index contributed by atoms with van der Waals surface area (Å²) in [6, 6.07) is 24.9. The normalized spacial score (nSPS) is 10.5. The summed E-state index contributed by atoms with van der Waals surface area (Å²) >= 11 is 1.21. The van der Waals surface area contributed by atoms with E-state index in [4.69, 9.17) is 4.98 Å². The number of hydrogen-bond acceptors (Lipinski definition) is 6. The van der Waals surface area contributed by atoms with Crippen LogP contribution in [0.2, 0.25) is 0 Å². The van der Waals surface area contributed by atoms with E-state index in [1.165, 1.54) is 18.7 Å². The predicted octanol–water partition coefficient (Wildman–Crippen LogP) is 5.20. The molecule has 0 saturated carbocycles. The molecule has 170 valence electrons. The molecule has 0 saturated heterocycles. The summed E-state index contributed by atoms with van der Waals surface area (Å²) in [5.74, 6) is -0.260. The second-order valence-electron chi connectivity index (χ2n) is 7.57. The molecule has 0 bridgehead atoms. The number of amides is 2. The average molecular weight is 470 g/mol. The first-order chi connectivity index (χ1) is 16.5. The molecule has 7 nitrogen and oxygen atoms in total. The molecular weight excluding hydrogens is 446 g/mol. The highest BCUT2D eigenvalue weighted by molar-refractivity contribution is 7.99. The molecule has 0 radical (unpaired) electrons. The van der Waals surface area contributed by atoms with Gasteiger partial charge >= 0.3 is 0 Å². The Hall–Kier alpha value is -4.04. The highest BCUT2D eigenvalue weighted by Gasteiger charge is 2.15. The van der Waals surface area contributed by atoms with Crippen molar-refractivity contribution in [3.8, 4) is 22.5 Å². The maximum Gasteiger partial charge on any atom is 0.234 e. The third-order valence-electron chi connectivity index (χ3n) is 4.93. The van der Waals surface area contributed by atoms with Crippen molar-refractivity contribution in [1.82, 2.24) is 15.2 Å². The summed E-state index contributed by atoms with van der Waals surface area (Å²) in [4.78, 5) is 28.7. The van der Waals surface area contributed by atoms with Gasteiger partial charge in [0.05, 0.1) is 5.75 Å². The third kappa shape index (κ3) is 5.85. The molecule has 0 aliphatic carbocycles. The van der Waals surface area contributed by atoms with Gasteiger partial charge in [0.1, 0.15) is 11.4 Å². The van der Waals surface area contributed by atoms with E-state index in [0.717, 1.165) is 16.7 Å². The van der Waals surface area contributed by atoms with Crippen LogP contribution in [0, 0.1) is 6.92 Å². The van der Waals surface area contributed by atoms with Gasteiger partial charge in [-0.15, -0.1) is 10.2 Å². The Balaban J connectivity index is 1.50. The Morgan fingerprint density at radius 3 is 2.12 bits per heavy atom. The molecule has 0 atom stereocenters. The molecule has 2 amide bonds. The SMILES string of the molecule is CC(=O)Nc1cc(NC(=O)CSc2nnc(-c3ccccc3)c(-c3ccccc3)n2)ccc1C. The zero-order chi connectivity index (χ0) is 23.9. The van der Waals surface area contributed by atoms with E-state index < -0.39 is 0 Å². The van der Waals surface area contributed by atoms with Crippen LogP contribution in [0.15, 0.2) is 84.0 Å². The number of rotatable bonds is 7. The first kappa shape index (κ1) is 23.1. The summed E-state index contributed by atoms with van der Waals surface area (Å²) in [7, 11) is 0. The second-order valence-corrected chi connectivity index (χ2v) is 8.51. The van der Waals surface area contributed by atoms with E-state index in [1.807, 2.05) is 73.7 Å². The largest absolute Gasteiger partial charge is 0.326 e. The van der Waals surface area contributed by atoms with Crippen molar-refractivity contribution in [2.45, 2.75) is 19.0 Å². The van der Waals surface area contributed by atoms with Crippen molar-refractivity contribution < 1.29 is 9.59 Å². The lowest BCUT2D eigenvalue weighted by Gasteiger charge is -2.11. The lowest BCUT2D eigenvalue weighted by Crippen LogP contribution is -2.15. The van der Waals surface area contributed by atoms with Gasteiger partial charge in [-0.3, -0.25) is 9.59 Å². The Kier molecular flexibility index (Phi) is 7.29. The molecule has 1 heterocycles. The van der Waals surface area contributed by atoms with Crippen molar-refractivity contribution in [2.75, 3.05) is 16.4 Å². The number of hydrogen-bond donors (Lipinski definition) is 2. The molecule has 2 N–H and O–H groups in total. The number of anilines is 2. The summed E-state index contributed by atoms with van der Waals surface area (Å²) in [5.41, 5.74) is 5.42. The standard InChI is InChI=1S/C26H23N5O2S/c1-17-13-14-21(15-22(17)27-18(2)32)28-23(33)16-34-26-29-24(19-9-5-3-6-10-19)25(30-31-26)20-11-7-4-8-12-20/h3-15H,16H2,1-2H3,(H,27,32)(H,28,33). The molecule has 0 aliphatic rings. The van der Waals surface area contributed by atoms with Crippen LogP contribution in [0.1, 0.15) is 12.5 Å². The van der Waals surface area contributed by atoms with E-state index in [1.54, 1.807) is 12.1 Å². The summed E-state index contributed by atoms with van der Waals surface area (Å²) in [6.07, 6.45) is 0. The van der Waals surface area contributed by atoms with Crippen LogP contribution < -0.4 is 10.6 Å². The molecule has 3 aromatic carbocycles. The predicted molar refractivity (Wildman–Crippen MR) is 136 cm³/mol. The van der Waals surface area contributed by atoms with Gasteiger partial charge < -0.3 is 10.6 Å². The molecule has 0 fully saturated rings. The molecule has 0 unspecified atom stereocenters. The zero-order valence-electron chi connectivity index (χ0n) is 18.8. The first-order valence-corrected chi connectivity index (χ1v) is 11.6. The van der Waals surface area contributed by atoms with Gasteiger partial charge in [-0.2, -0.15) is 0 Å². The van der Waals surface area contributed by atoms with Gasteiger partial charge in [0.2, 0.25) is 17.0 Å². The van der Waals surface area contributed by atoms with E-state index in [9.17, 15) is 9.59 Å². The number of benzene rings is 3. The van der Waals surface area contributed by atoms with Gasteiger partial charge in [-0.25, -0.2) is 4.98 Å². The lowest BCUT2D eigenvalue weighted by molar-refractivity contribution is -0.114. The minimum atomic E-state index is -0.209. The van der Waals surface area contributed by atoms with Gasteiger partial charge in [-0.1, -0.05) is 78.5 Å². The summed E-state index contributed by atoms with van der Waals surface area (Å²) in [6.45, 7) is 3.34. The van der Waals surface area contributed by atoms with Gasteiger partial charge in [-0.05, 0) is 24.6 Å². The number of aromatic nitrogens is 3. The number of carbonyl (C=O) groups is 2. The van der Waals surface area contributed by atoms with E-state index in [-0.39, 0.29) is 17.6 Å². The molecule has 34 heavy (non-hydrogen) atoms. The van der Waals surface area contributed by atoms with Crippen LogP contribution in [-0.4, -0.2) is 32.7 Å². The highest BCUT2D eigenvalue weighted by atomic mass is 32.2. The minimum Gasteiger partial charge on any atom is -0.326 e. The van der Waals surface area contributed by atoms with Crippen molar-refractivity contribution in [2.24, 2.45) is 0 Å². The number of aryl methyl sites for hydroxylation is 1. The quantitative estimate of drug-likeness (QED) is 0.361. The number of carbonyl (C=O) groups excluding carboxylic acids is 2. The lowest BCUT2D eigenvalue weighted by atomic mass is 10.0. The van der Waals surface area contributed by atoms with Gasteiger partial charge in [0, 0.05) is 29.4 Å². The molecule has 8 heteroatoms. The fraction of sp³-hybridized carbons (Fsp3) is 0.115. The number of nitrogens with one attached hydrogen (secondary N) is 2. The molecule has 4 aromatic rings. The summed E-state index contributed by atoms with van der Waals surface area (Å²) in [5, 5.41) is 14.7. The Labute approximate surface area is 202 Å². The Morgan fingerprint density at radius 1 is 0.824 bits per heavy atom. The van der Waals surface area contributed by atoms with Crippen molar-refractivity contribution >= 4 is 35.0 Å². The Bertz CT molecular complexity index is 1310. The van der Waals surface area contributed by atoms with Crippen LogP contribution >= 0.6 is 11.8 Å². The number of thioether (sulfide) groups is 1. The monoisotopic (exact) mass is 469 g/mol. The van der Waals surface area contributed by atoms with Gasteiger partial charge in [0.25, 0.3) is 0 Å². The fourth-order valence-electron chi connectivity index (χ4n) is 3.31. The Morgan fingerprint density at radius 2 is 1.47 bits per heavy atom. The average Bonchev–Trinajstić information content (AvgIpc) is 2.85. The van der Waals surface area contributed by atoms with Crippen molar-refractivity contribution in [3.63, 3.8) is 0 Å². The zero-order valence-corrected chi connectivity index (χ0v) is 19.6. The van der Waals surface area contributed by atoms with Crippen LogP contribution in [0.5, 0.6) is 0 Å². The topological polar surface area (TPSA) is 96.9 Å². The maximum absolute atomic E-state index is 12.6. The molecule has 0 spiro atoms. The van der Waals surface area contributed by atoms with Crippen molar-refractivity contribution in [1.29, 1.82) is 0 Å². The van der Waals surface area contributed by atoms with Gasteiger partial charge in [0.15, 0.2) is 0 Å². The van der Waals surface area contributed by atoms with Crippen molar-refractivity contribution in [3.05, 3.63) is 84.4 Å². The number of nitrogens with zero attached hydrogens (tertiary/aromatic N) is 3. The van der Waals surface area contributed by atoms with Crippen LogP contribution in [0.4, 0.5) is 11.4 Å². The minimum absolute atomic E-state index is 0.115. The fourth-order valence-corrected chi connectivity index (χ4v) is 3.90. The molecular formula is C26H23N5O2S. The first-order valence-electron chi connectivity index (χ1n) is 10.7. The molecule has 4 rings (SSSR count). The second kappa shape index (κ2) is 10.7. The van der Waals surface area contributed by atoms with E-state index in [0.29, 0.717) is 27.9 Å².